The Morgan fingerprint density at radius 2 is 2.38 bits per heavy atom. The van der Waals surface area contributed by atoms with E-state index >= 15 is 0 Å². The number of carbonyl (C=O) groups excluding carboxylic acids is 1. The second kappa shape index (κ2) is 4.80. The van der Waals surface area contributed by atoms with Gasteiger partial charge in [-0.25, -0.2) is 9.18 Å². The average Bonchev–Trinajstić information content (AvgIpc) is 2.74. The molecule has 1 aliphatic rings. The minimum atomic E-state index is -0.743. The molecule has 1 aromatic rings. The second-order valence-electron chi connectivity index (χ2n) is 3.49. The minimum absolute atomic E-state index is 0.0860. The summed E-state index contributed by atoms with van der Waals surface area (Å²) >= 11 is 5.57. The van der Waals surface area contributed by atoms with Crippen LogP contribution in [0.4, 0.5) is 4.39 Å². The van der Waals surface area contributed by atoms with Crippen LogP contribution in [0.15, 0.2) is 18.2 Å². The molecule has 0 unspecified atom stereocenters. The van der Waals surface area contributed by atoms with Gasteiger partial charge in [0, 0.05) is 6.42 Å². The molecule has 5 heteroatoms. The predicted octanol–water partition coefficient (Wildman–Crippen LogP) is 2.42. The van der Waals surface area contributed by atoms with E-state index in [0.29, 0.717) is 19.6 Å². The summed E-state index contributed by atoms with van der Waals surface area (Å²) in [6.45, 7) is 0.934. The van der Waals surface area contributed by atoms with Crippen molar-refractivity contribution < 1.29 is 18.7 Å². The number of ether oxygens (including phenoxy) is 2. The maximum Gasteiger partial charge on any atom is 0.341 e. The first-order valence-corrected chi connectivity index (χ1v) is 5.29. The Kier molecular flexibility index (Phi) is 3.41. The summed E-state index contributed by atoms with van der Waals surface area (Å²) in [5.74, 6) is -1.44. The molecule has 1 heterocycles. The number of esters is 1. The van der Waals surface area contributed by atoms with Gasteiger partial charge in [-0.1, -0.05) is 17.7 Å². The van der Waals surface area contributed by atoms with Crippen LogP contribution in [0.3, 0.4) is 0 Å². The molecule has 1 atom stereocenters. The van der Waals surface area contributed by atoms with Crippen LogP contribution in [-0.4, -0.2) is 25.3 Å². The van der Waals surface area contributed by atoms with Crippen molar-refractivity contribution >= 4 is 17.6 Å². The van der Waals surface area contributed by atoms with Crippen molar-refractivity contribution in [2.45, 2.75) is 12.5 Å². The zero-order valence-corrected chi connectivity index (χ0v) is 9.17. The number of halogens is 2. The fourth-order valence-corrected chi connectivity index (χ4v) is 1.66. The fraction of sp³-hybridized carbons (Fsp3) is 0.364. The second-order valence-corrected chi connectivity index (χ2v) is 3.90. The van der Waals surface area contributed by atoms with Gasteiger partial charge in [0.15, 0.2) is 5.82 Å². The van der Waals surface area contributed by atoms with E-state index in [-0.39, 0.29) is 16.7 Å². The Hall–Kier alpha value is -1.13. The highest BCUT2D eigenvalue weighted by Crippen LogP contribution is 2.20. The molecule has 1 saturated heterocycles. The van der Waals surface area contributed by atoms with Gasteiger partial charge in [-0.3, -0.25) is 0 Å². The van der Waals surface area contributed by atoms with E-state index in [0.717, 1.165) is 0 Å². The monoisotopic (exact) mass is 244 g/mol. The summed E-state index contributed by atoms with van der Waals surface area (Å²) in [5.41, 5.74) is -0.139. The molecule has 0 bridgehead atoms. The number of hydrogen-bond acceptors (Lipinski definition) is 3. The van der Waals surface area contributed by atoms with Crippen LogP contribution in [0.25, 0.3) is 0 Å². The number of hydrogen-bond donors (Lipinski definition) is 0. The van der Waals surface area contributed by atoms with Crippen molar-refractivity contribution in [1.82, 2.24) is 0 Å². The Labute approximate surface area is 97.1 Å². The third-order valence-corrected chi connectivity index (χ3v) is 2.63. The molecule has 0 aromatic heterocycles. The van der Waals surface area contributed by atoms with Gasteiger partial charge in [-0.05, 0) is 12.1 Å². The van der Waals surface area contributed by atoms with Crippen LogP contribution < -0.4 is 0 Å². The molecular formula is C11H10ClFO3. The Morgan fingerprint density at radius 3 is 3.06 bits per heavy atom. The van der Waals surface area contributed by atoms with Gasteiger partial charge in [-0.15, -0.1) is 0 Å². The van der Waals surface area contributed by atoms with Gasteiger partial charge in [0.05, 0.1) is 23.8 Å². The highest BCUT2D eigenvalue weighted by molar-refractivity contribution is 6.31. The normalized spacial score (nSPS) is 19.8. The molecule has 16 heavy (non-hydrogen) atoms. The van der Waals surface area contributed by atoms with Gasteiger partial charge in [-0.2, -0.15) is 0 Å². The van der Waals surface area contributed by atoms with Gasteiger partial charge in [0.2, 0.25) is 0 Å². The zero-order chi connectivity index (χ0) is 11.5. The highest BCUT2D eigenvalue weighted by Gasteiger charge is 2.23. The largest absolute Gasteiger partial charge is 0.456 e. The Balaban J connectivity index is 2.11. The van der Waals surface area contributed by atoms with Crippen molar-refractivity contribution in [2.75, 3.05) is 13.2 Å². The number of benzene rings is 1. The lowest BCUT2D eigenvalue weighted by atomic mass is 10.2. The van der Waals surface area contributed by atoms with Crippen molar-refractivity contribution in [3.63, 3.8) is 0 Å². The average molecular weight is 245 g/mol. The molecular weight excluding hydrogens is 235 g/mol. The molecule has 2 rings (SSSR count). The lowest BCUT2D eigenvalue weighted by Crippen LogP contribution is -2.19. The quantitative estimate of drug-likeness (QED) is 0.750. The summed E-state index contributed by atoms with van der Waals surface area (Å²) in [7, 11) is 0. The number of carbonyl (C=O) groups is 1. The molecule has 0 saturated carbocycles. The molecule has 0 N–H and O–H groups in total. The first-order valence-electron chi connectivity index (χ1n) is 4.91. The lowest BCUT2D eigenvalue weighted by Gasteiger charge is -2.10. The maximum atomic E-state index is 13.5. The SMILES string of the molecule is O=C(O[C@H]1CCOC1)c1cccc(Cl)c1F. The highest BCUT2D eigenvalue weighted by atomic mass is 35.5. The smallest absolute Gasteiger partial charge is 0.341 e. The molecule has 0 aliphatic carbocycles. The summed E-state index contributed by atoms with van der Waals surface area (Å²) in [6.07, 6.45) is 0.361. The van der Waals surface area contributed by atoms with Crippen molar-refractivity contribution in [2.24, 2.45) is 0 Å². The molecule has 86 valence electrons. The number of rotatable bonds is 2. The molecule has 0 amide bonds. The van der Waals surface area contributed by atoms with E-state index in [1.54, 1.807) is 0 Å². The molecule has 0 spiro atoms. The van der Waals surface area contributed by atoms with Crippen LogP contribution >= 0.6 is 11.6 Å². The van der Waals surface area contributed by atoms with Crippen molar-refractivity contribution in [1.29, 1.82) is 0 Å². The predicted molar refractivity (Wildman–Crippen MR) is 56.0 cm³/mol. The first kappa shape index (κ1) is 11.4. The van der Waals surface area contributed by atoms with E-state index in [1.807, 2.05) is 0 Å². The van der Waals surface area contributed by atoms with E-state index in [2.05, 4.69) is 0 Å². The fourth-order valence-electron chi connectivity index (χ4n) is 1.48. The van der Waals surface area contributed by atoms with Gasteiger partial charge >= 0.3 is 5.97 Å². The topological polar surface area (TPSA) is 35.5 Å². The summed E-state index contributed by atoms with van der Waals surface area (Å²) in [4.78, 5) is 11.6. The third-order valence-electron chi connectivity index (χ3n) is 2.33. The Bertz CT molecular complexity index is 402. The zero-order valence-electron chi connectivity index (χ0n) is 8.41. The molecule has 0 radical (unpaired) electrons. The lowest BCUT2D eigenvalue weighted by molar-refractivity contribution is 0.0265. The van der Waals surface area contributed by atoms with E-state index in [9.17, 15) is 9.18 Å². The van der Waals surface area contributed by atoms with Gasteiger partial charge in [0.1, 0.15) is 6.10 Å². The Morgan fingerprint density at radius 1 is 1.56 bits per heavy atom. The first-order chi connectivity index (χ1) is 7.68. The van der Waals surface area contributed by atoms with Crippen LogP contribution in [0.2, 0.25) is 5.02 Å². The molecule has 1 fully saturated rings. The molecule has 1 aliphatic heterocycles. The minimum Gasteiger partial charge on any atom is -0.456 e. The maximum absolute atomic E-state index is 13.5. The van der Waals surface area contributed by atoms with Crippen LogP contribution in [0, 0.1) is 5.82 Å². The van der Waals surface area contributed by atoms with E-state index in [4.69, 9.17) is 21.1 Å². The van der Waals surface area contributed by atoms with Crippen molar-refractivity contribution in [3.8, 4) is 0 Å². The van der Waals surface area contributed by atoms with Crippen LogP contribution in [0.5, 0.6) is 0 Å². The summed E-state index contributed by atoms with van der Waals surface area (Å²) in [5, 5.41) is -0.0860. The molecule has 1 aromatic carbocycles. The molecule has 3 nitrogen and oxygen atoms in total. The van der Waals surface area contributed by atoms with Gasteiger partial charge in [0.25, 0.3) is 0 Å². The van der Waals surface area contributed by atoms with Crippen LogP contribution in [0.1, 0.15) is 16.8 Å². The summed E-state index contributed by atoms with van der Waals surface area (Å²) in [6, 6.07) is 4.23. The van der Waals surface area contributed by atoms with Gasteiger partial charge < -0.3 is 9.47 Å². The summed E-state index contributed by atoms with van der Waals surface area (Å²) < 4.78 is 23.6. The van der Waals surface area contributed by atoms with E-state index in [1.165, 1.54) is 18.2 Å². The van der Waals surface area contributed by atoms with E-state index < -0.39 is 11.8 Å². The third kappa shape index (κ3) is 2.33. The standard InChI is InChI=1S/C11H10ClFO3/c12-9-3-1-2-8(10(9)13)11(14)16-7-4-5-15-6-7/h1-3,7H,4-6H2/t7-/m0/s1. The van der Waals surface area contributed by atoms with Crippen LogP contribution in [-0.2, 0) is 9.47 Å². The van der Waals surface area contributed by atoms with Crippen molar-refractivity contribution in [3.05, 3.63) is 34.6 Å².